The molecule has 9 nitrogen and oxygen atoms in total. The van der Waals surface area contributed by atoms with Crippen molar-refractivity contribution in [1.82, 2.24) is 4.90 Å². The van der Waals surface area contributed by atoms with E-state index in [2.05, 4.69) is 9.62 Å². The Morgan fingerprint density at radius 3 is 2.77 bits per heavy atom. The second-order valence-electron chi connectivity index (χ2n) is 8.08. The van der Waals surface area contributed by atoms with E-state index in [4.69, 9.17) is 13.9 Å². The molecule has 0 bridgehead atoms. The zero-order chi connectivity index (χ0) is 24.6. The van der Waals surface area contributed by atoms with Crippen LogP contribution in [0.3, 0.4) is 0 Å². The third kappa shape index (κ3) is 4.60. The lowest BCUT2D eigenvalue weighted by molar-refractivity contribution is 0.141. The fraction of sp³-hybridized carbons (Fsp3) is 0.208. The second-order valence-corrected chi connectivity index (χ2v) is 9.73. The quantitative estimate of drug-likeness (QED) is 0.358. The minimum atomic E-state index is -4.27. The average Bonchev–Trinajstić information content (AvgIpc) is 3.25. The maximum Gasteiger partial charge on any atom is 0.511 e. The number of hydrogen-bond donors (Lipinski definition) is 2. The van der Waals surface area contributed by atoms with E-state index in [-0.39, 0.29) is 34.3 Å². The number of halogens is 1. The number of carboxylic acid groups (broad SMARTS) is 1. The highest BCUT2D eigenvalue weighted by Gasteiger charge is 2.29. The van der Waals surface area contributed by atoms with Crippen LogP contribution in [-0.4, -0.2) is 44.2 Å². The van der Waals surface area contributed by atoms with Gasteiger partial charge in [0.05, 0.1) is 16.8 Å². The first kappa shape index (κ1) is 22.9. The van der Waals surface area contributed by atoms with Gasteiger partial charge in [0.1, 0.15) is 18.2 Å². The van der Waals surface area contributed by atoms with Gasteiger partial charge in [0.15, 0.2) is 5.75 Å². The van der Waals surface area contributed by atoms with Gasteiger partial charge >= 0.3 is 6.16 Å². The Balaban J connectivity index is 1.51. The Morgan fingerprint density at radius 2 is 2.03 bits per heavy atom. The molecule has 0 saturated carbocycles. The summed E-state index contributed by atoms with van der Waals surface area (Å²) in [5.74, 6) is -0.272. The molecule has 2 aliphatic rings. The van der Waals surface area contributed by atoms with E-state index >= 15 is 0 Å². The summed E-state index contributed by atoms with van der Waals surface area (Å²) in [7, 11) is -4.27. The Bertz CT molecular complexity index is 1430. The standard InChI is InChI=1S/C24H21FN2O7S/c25-16-4-7-21(15(13-16)3-1-9-27-10-2-11-27)35(30,31)26-19-6-5-18-17-8-12-32-20(17)14-33-22(18)23(19)34-24(28)29/h1,3-8,12-13,26H,2,9-11,14H2,(H,28,29)/b3-1-. The number of likely N-dealkylation sites (tertiary alicyclic amines) is 1. The summed E-state index contributed by atoms with van der Waals surface area (Å²) in [4.78, 5) is 13.4. The van der Waals surface area contributed by atoms with Crippen molar-refractivity contribution < 1.29 is 36.6 Å². The molecule has 0 aliphatic carbocycles. The van der Waals surface area contributed by atoms with E-state index in [0.717, 1.165) is 37.7 Å². The van der Waals surface area contributed by atoms with Crippen LogP contribution in [0.4, 0.5) is 14.9 Å². The van der Waals surface area contributed by atoms with Crippen LogP contribution in [0.25, 0.3) is 17.2 Å². The van der Waals surface area contributed by atoms with Gasteiger partial charge in [-0.2, -0.15) is 0 Å². The number of rotatable bonds is 7. The molecule has 1 aromatic heterocycles. The van der Waals surface area contributed by atoms with Gasteiger partial charge in [0, 0.05) is 17.7 Å². The van der Waals surface area contributed by atoms with E-state index in [1.165, 1.54) is 12.3 Å². The van der Waals surface area contributed by atoms with Gasteiger partial charge in [-0.25, -0.2) is 17.6 Å². The molecule has 2 aliphatic heterocycles. The molecule has 2 N–H and O–H groups in total. The van der Waals surface area contributed by atoms with Gasteiger partial charge in [0.2, 0.25) is 5.75 Å². The number of anilines is 1. The minimum Gasteiger partial charge on any atom is -0.481 e. The van der Waals surface area contributed by atoms with Crippen molar-refractivity contribution in [3.63, 3.8) is 0 Å². The molecule has 1 fully saturated rings. The zero-order valence-corrected chi connectivity index (χ0v) is 19.2. The van der Waals surface area contributed by atoms with E-state index in [1.807, 2.05) is 0 Å². The van der Waals surface area contributed by atoms with Crippen molar-refractivity contribution in [2.45, 2.75) is 17.9 Å². The molecule has 3 aromatic rings. The Morgan fingerprint density at radius 1 is 1.20 bits per heavy atom. The van der Waals surface area contributed by atoms with Crippen molar-refractivity contribution in [2.24, 2.45) is 0 Å². The maximum atomic E-state index is 13.9. The first-order chi connectivity index (χ1) is 16.8. The smallest absolute Gasteiger partial charge is 0.481 e. The number of nitrogens with zero attached hydrogens (tertiary/aromatic N) is 1. The monoisotopic (exact) mass is 500 g/mol. The van der Waals surface area contributed by atoms with Crippen LogP contribution in [0.1, 0.15) is 17.7 Å². The maximum absolute atomic E-state index is 13.9. The lowest BCUT2D eigenvalue weighted by atomic mass is 10.0. The number of hydrogen-bond acceptors (Lipinski definition) is 7. The summed E-state index contributed by atoms with van der Waals surface area (Å²) in [5.41, 5.74) is 1.20. The molecule has 3 heterocycles. The molecule has 182 valence electrons. The lowest BCUT2D eigenvalue weighted by Gasteiger charge is -2.29. The molecule has 0 unspecified atom stereocenters. The van der Waals surface area contributed by atoms with E-state index in [1.54, 1.807) is 24.3 Å². The van der Waals surface area contributed by atoms with Gasteiger partial charge < -0.3 is 19.0 Å². The van der Waals surface area contributed by atoms with Gasteiger partial charge in [-0.15, -0.1) is 0 Å². The number of nitrogens with one attached hydrogen (secondary N) is 1. The molecule has 11 heteroatoms. The number of sulfonamides is 1. The number of ether oxygens (including phenoxy) is 2. The van der Waals surface area contributed by atoms with Gasteiger partial charge in [0.25, 0.3) is 10.0 Å². The second kappa shape index (κ2) is 9.08. The van der Waals surface area contributed by atoms with Crippen LogP contribution in [-0.2, 0) is 16.6 Å². The molecular formula is C24H21FN2O7S. The van der Waals surface area contributed by atoms with E-state index in [0.29, 0.717) is 23.4 Å². The van der Waals surface area contributed by atoms with Gasteiger partial charge in [-0.3, -0.25) is 9.62 Å². The fourth-order valence-electron chi connectivity index (χ4n) is 4.00. The van der Waals surface area contributed by atoms with Crippen molar-refractivity contribution >= 4 is 27.9 Å². The molecule has 2 aromatic carbocycles. The van der Waals surface area contributed by atoms with Crippen molar-refractivity contribution in [3.8, 4) is 22.6 Å². The molecule has 5 rings (SSSR count). The Hall–Kier alpha value is -3.83. The zero-order valence-electron chi connectivity index (χ0n) is 18.4. The Labute approximate surface area is 200 Å². The van der Waals surface area contributed by atoms with Crippen LogP contribution in [0.5, 0.6) is 11.5 Å². The summed E-state index contributed by atoms with van der Waals surface area (Å²) >= 11 is 0. The largest absolute Gasteiger partial charge is 0.511 e. The fourth-order valence-corrected chi connectivity index (χ4v) is 5.25. The highest BCUT2D eigenvalue weighted by molar-refractivity contribution is 7.92. The predicted molar refractivity (Wildman–Crippen MR) is 124 cm³/mol. The lowest BCUT2D eigenvalue weighted by Crippen LogP contribution is -2.36. The molecule has 0 radical (unpaired) electrons. The first-order valence-corrected chi connectivity index (χ1v) is 12.3. The SMILES string of the molecule is O=C(O)Oc1c(NS(=O)(=O)c2ccc(F)cc2/C=C\CN2CCC2)ccc2c1OCc1occc1-2. The molecule has 35 heavy (non-hydrogen) atoms. The molecular weight excluding hydrogens is 479 g/mol. The summed E-state index contributed by atoms with van der Waals surface area (Å²) < 4.78 is 58.9. The van der Waals surface area contributed by atoms with Crippen molar-refractivity contribution in [1.29, 1.82) is 0 Å². The summed E-state index contributed by atoms with van der Waals surface area (Å²) in [6.45, 7) is 2.57. The highest BCUT2D eigenvalue weighted by Crippen LogP contribution is 2.48. The number of benzene rings is 2. The van der Waals surface area contributed by atoms with Crippen LogP contribution >= 0.6 is 0 Å². The van der Waals surface area contributed by atoms with Crippen LogP contribution in [0, 0.1) is 5.82 Å². The molecule has 0 spiro atoms. The summed E-state index contributed by atoms with van der Waals surface area (Å²) in [6.07, 6.45) is 4.28. The van der Waals surface area contributed by atoms with E-state index < -0.39 is 22.0 Å². The van der Waals surface area contributed by atoms with Crippen LogP contribution in [0.2, 0.25) is 0 Å². The summed E-state index contributed by atoms with van der Waals surface area (Å²) in [5, 5.41) is 9.28. The molecule has 1 saturated heterocycles. The topological polar surface area (TPSA) is 118 Å². The first-order valence-electron chi connectivity index (χ1n) is 10.8. The van der Waals surface area contributed by atoms with Gasteiger partial charge in [-0.05, 0) is 61.5 Å². The Kier molecular flexibility index (Phi) is 5.95. The van der Waals surface area contributed by atoms with Crippen molar-refractivity contribution in [3.05, 3.63) is 65.9 Å². The highest BCUT2D eigenvalue weighted by atomic mass is 32.2. The third-order valence-electron chi connectivity index (χ3n) is 5.80. The number of fused-ring (bicyclic) bond motifs is 3. The van der Waals surface area contributed by atoms with Crippen LogP contribution < -0.4 is 14.2 Å². The predicted octanol–water partition coefficient (Wildman–Crippen LogP) is 4.55. The average molecular weight is 501 g/mol. The van der Waals surface area contributed by atoms with Crippen LogP contribution in [0.15, 0.2) is 58.1 Å². The normalized spacial score (nSPS) is 15.1. The number of furan rings is 1. The van der Waals surface area contributed by atoms with Crippen molar-refractivity contribution in [2.75, 3.05) is 24.4 Å². The number of carbonyl (C=O) groups is 1. The third-order valence-corrected chi connectivity index (χ3v) is 7.24. The molecule has 0 atom stereocenters. The molecule has 0 amide bonds. The summed E-state index contributed by atoms with van der Waals surface area (Å²) in [6, 6.07) is 7.99. The van der Waals surface area contributed by atoms with Gasteiger partial charge in [-0.1, -0.05) is 12.2 Å². The van der Waals surface area contributed by atoms with E-state index in [9.17, 15) is 22.7 Å². The minimum absolute atomic E-state index is 0.0193.